The number of amides is 4. The second-order valence-electron chi connectivity index (χ2n) is 7.75. The van der Waals surface area contributed by atoms with Crippen LogP contribution in [0.3, 0.4) is 0 Å². The first-order valence-corrected chi connectivity index (χ1v) is 10.9. The van der Waals surface area contributed by atoms with E-state index in [0.717, 1.165) is 0 Å². The van der Waals surface area contributed by atoms with Gasteiger partial charge >= 0.3 is 12.1 Å². The minimum atomic E-state index is -5.16. The number of nitrogens with one attached hydrogen (secondary N) is 4. The fraction of sp³-hybridized carbons (Fsp3) is 0.762. The molecule has 9 nitrogen and oxygen atoms in total. The van der Waals surface area contributed by atoms with E-state index in [1.807, 2.05) is 33.8 Å². The Morgan fingerprint density at radius 3 is 2.06 bits per heavy atom. The monoisotopic (exact) mass is 479 g/mol. The largest absolute Gasteiger partial charge is 0.471 e. The molecule has 3 unspecified atom stereocenters. The summed E-state index contributed by atoms with van der Waals surface area (Å²) in [4.78, 5) is 46.9. The van der Waals surface area contributed by atoms with E-state index >= 15 is 0 Å². The molecular weight excluding hydrogens is 443 g/mol. The highest BCUT2D eigenvalue weighted by molar-refractivity contribution is 5.92. The second kappa shape index (κ2) is 15.1. The van der Waals surface area contributed by atoms with Crippen molar-refractivity contribution in [3.63, 3.8) is 0 Å². The molecule has 0 saturated carbocycles. The van der Waals surface area contributed by atoms with Gasteiger partial charge in [0.2, 0.25) is 17.7 Å². The van der Waals surface area contributed by atoms with Gasteiger partial charge in [0.15, 0.2) is 0 Å². The zero-order valence-corrected chi connectivity index (χ0v) is 20.3. The molecule has 0 aliphatic carbocycles. The van der Waals surface area contributed by atoms with Gasteiger partial charge in [-0.25, -0.2) is 0 Å². The molecule has 0 bridgehead atoms. The average molecular weight is 480 g/mol. The van der Waals surface area contributed by atoms with Crippen LogP contribution in [0.25, 0.3) is 0 Å². The Hall–Kier alpha value is -2.84. The SMILES string of the molecule is CC.CC.CC(C)(C)C(NC(=O)C(F)(F)F)C(=O)NCC(=O)NC(C#N)CC1CCNC1=O. The van der Waals surface area contributed by atoms with Gasteiger partial charge in [0.1, 0.15) is 12.1 Å². The van der Waals surface area contributed by atoms with Crippen molar-refractivity contribution < 1.29 is 32.3 Å². The van der Waals surface area contributed by atoms with Crippen LogP contribution in [-0.4, -0.2) is 55.0 Å². The van der Waals surface area contributed by atoms with Crippen LogP contribution in [0.15, 0.2) is 0 Å². The lowest BCUT2D eigenvalue weighted by atomic mass is 9.86. The lowest BCUT2D eigenvalue weighted by Gasteiger charge is -2.30. The van der Waals surface area contributed by atoms with Crippen LogP contribution in [0.2, 0.25) is 0 Å². The first-order valence-electron chi connectivity index (χ1n) is 10.9. The lowest BCUT2D eigenvalue weighted by Crippen LogP contribution is -2.57. The molecule has 4 N–H and O–H groups in total. The summed E-state index contributed by atoms with van der Waals surface area (Å²) in [6.07, 6.45) is -4.52. The van der Waals surface area contributed by atoms with Gasteiger partial charge in [0, 0.05) is 12.5 Å². The molecule has 1 fully saturated rings. The Labute approximate surface area is 193 Å². The molecule has 3 atom stereocenters. The maximum Gasteiger partial charge on any atom is 0.471 e. The molecule has 33 heavy (non-hydrogen) atoms. The van der Waals surface area contributed by atoms with Crippen molar-refractivity contribution in [3.8, 4) is 6.07 Å². The van der Waals surface area contributed by atoms with Gasteiger partial charge in [-0.15, -0.1) is 0 Å². The average Bonchev–Trinajstić information content (AvgIpc) is 3.15. The predicted molar refractivity (Wildman–Crippen MR) is 116 cm³/mol. The van der Waals surface area contributed by atoms with Crippen LogP contribution in [-0.2, 0) is 19.2 Å². The molecule has 0 aromatic carbocycles. The molecular formula is C21H36F3N5O4. The Bertz CT molecular complexity index is 699. The Balaban J connectivity index is 0. The molecule has 1 aliphatic rings. The van der Waals surface area contributed by atoms with Crippen molar-refractivity contribution in [3.05, 3.63) is 0 Å². The third-order valence-electron chi connectivity index (χ3n) is 4.26. The number of halogens is 3. The maximum absolute atomic E-state index is 12.5. The molecule has 0 aromatic heterocycles. The maximum atomic E-state index is 12.5. The van der Waals surface area contributed by atoms with Crippen LogP contribution < -0.4 is 21.3 Å². The Morgan fingerprint density at radius 2 is 1.67 bits per heavy atom. The highest BCUT2D eigenvalue weighted by Gasteiger charge is 2.43. The quantitative estimate of drug-likeness (QED) is 0.441. The number of nitrogens with zero attached hydrogens (tertiary/aromatic N) is 1. The molecule has 12 heteroatoms. The van der Waals surface area contributed by atoms with E-state index < -0.39 is 53.9 Å². The van der Waals surface area contributed by atoms with Gasteiger partial charge in [0.05, 0.1) is 12.6 Å². The van der Waals surface area contributed by atoms with E-state index in [4.69, 9.17) is 5.26 Å². The van der Waals surface area contributed by atoms with Crippen molar-refractivity contribution >= 4 is 23.6 Å². The molecule has 1 aliphatic heterocycles. The lowest BCUT2D eigenvalue weighted by molar-refractivity contribution is -0.175. The first kappa shape index (κ1) is 32.3. The number of alkyl halides is 3. The molecule has 1 rings (SSSR count). The van der Waals surface area contributed by atoms with Crippen LogP contribution in [0.5, 0.6) is 0 Å². The first-order chi connectivity index (χ1) is 15.3. The summed E-state index contributed by atoms with van der Waals surface area (Å²) in [6.45, 7) is 12.2. The van der Waals surface area contributed by atoms with Gasteiger partial charge in [-0.2, -0.15) is 18.4 Å². The number of hydrogen-bond acceptors (Lipinski definition) is 5. The van der Waals surface area contributed by atoms with Crippen molar-refractivity contribution in [2.24, 2.45) is 11.3 Å². The minimum absolute atomic E-state index is 0.105. The van der Waals surface area contributed by atoms with Gasteiger partial charge in [-0.3, -0.25) is 19.2 Å². The van der Waals surface area contributed by atoms with Crippen LogP contribution in [0, 0.1) is 22.7 Å². The van der Waals surface area contributed by atoms with Crippen LogP contribution in [0.1, 0.15) is 61.3 Å². The number of hydrogen-bond donors (Lipinski definition) is 4. The van der Waals surface area contributed by atoms with Gasteiger partial charge in [-0.05, 0) is 18.3 Å². The third-order valence-corrected chi connectivity index (χ3v) is 4.26. The zero-order valence-electron chi connectivity index (χ0n) is 20.3. The summed E-state index contributed by atoms with van der Waals surface area (Å²) in [5.41, 5.74) is -1.06. The minimum Gasteiger partial charge on any atom is -0.356 e. The second-order valence-corrected chi connectivity index (χ2v) is 7.75. The topological polar surface area (TPSA) is 140 Å². The van der Waals surface area contributed by atoms with E-state index in [1.165, 1.54) is 20.8 Å². The van der Waals surface area contributed by atoms with Crippen molar-refractivity contribution in [1.29, 1.82) is 5.26 Å². The van der Waals surface area contributed by atoms with Gasteiger partial charge < -0.3 is 21.3 Å². The van der Waals surface area contributed by atoms with Crippen molar-refractivity contribution in [2.75, 3.05) is 13.1 Å². The van der Waals surface area contributed by atoms with Crippen LogP contribution >= 0.6 is 0 Å². The normalized spacial score (nSPS) is 16.9. The number of rotatable bonds is 7. The molecule has 0 radical (unpaired) electrons. The summed E-state index contributed by atoms with van der Waals surface area (Å²) in [7, 11) is 0. The summed E-state index contributed by atoms with van der Waals surface area (Å²) >= 11 is 0. The van der Waals surface area contributed by atoms with E-state index in [9.17, 15) is 32.3 Å². The molecule has 1 heterocycles. The van der Waals surface area contributed by atoms with E-state index in [0.29, 0.717) is 13.0 Å². The van der Waals surface area contributed by atoms with Crippen molar-refractivity contribution in [1.82, 2.24) is 21.3 Å². The van der Waals surface area contributed by atoms with Crippen LogP contribution in [0.4, 0.5) is 13.2 Å². The molecule has 4 amide bonds. The molecule has 190 valence electrons. The Kier molecular flexibility index (Phi) is 14.8. The van der Waals surface area contributed by atoms with E-state index in [2.05, 4.69) is 16.0 Å². The highest BCUT2D eigenvalue weighted by Crippen LogP contribution is 2.22. The predicted octanol–water partition coefficient (Wildman–Crippen LogP) is 1.78. The third kappa shape index (κ3) is 12.1. The summed E-state index contributed by atoms with van der Waals surface area (Å²) in [5, 5.41) is 17.9. The summed E-state index contributed by atoms with van der Waals surface area (Å²) < 4.78 is 37.5. The van der Waals surface area contributed by atoms with E-state index in [-0.39, 0.29) is 12.3 Å². The molecule has 1 saturated heterocycles. The number of carbonyl (C=O) groups excluding carboxylic acids is 4. The fourth-order valence-corrected chi connectivity index (χ4v) is 2.70. The number of nitriles is 1. The van der Waals surface area contributed by atoms with Crippen molar-refractivity contribution in [2.45, 2.75) is 79.6 Å². The van der Waals surface area contributed by atoms with Gasteiger partial charge in [0.25, 0.3) is 0 Å². The standard InChI is InChI=1S/C17H24F3N5O4.2C2H6/c1-16(2,3)12(25-15(29)17(18,19)20)14(28)23-8-11(26)24-10(7-21)6-9-4-5-22-13(9)27;2*1-2/h9-10,12H,4-6,8H2,1-3H3,(H,22,27)(H,23,28)(H,24,26)(H,25,29);2*1-2H3. The fourth-order valence-electron chi connectivity index (χ4n) is 2.70. The van der Waals surface area contributed by atoms with E-state index in [1.54, 1.807) is 5.32 Å². The summed E-state index contributed by atoms with van der Waals surface area (Å²) in [6, 6.07) is -0.654. The highest BCUT2D eigenvalue weighted by atomic mass is 19.4. The smallest absolute Gasteiger partial charge is 0.356 e. The Morgan fingerprint density at radius 1 is 1.12 bits per heavy atom. The molecule has 0 aromatic rings. The molecule has 0 spiro atoms. The summed E-state index contributed by atoms with van der Waals surface area (Å²) in [5.74, 6) is -4.61. The zero-order chi connectivity index (χ0) is 26.4. The number of carbonyl (C=O) groups is 4. The van der Waals surface area contributed by atoms with Gasteiger partial charge in [-0.1, -0.05) is 48.5 Å².